The van der Waals surface area contributed by atoms with E-state index >= 15 is 0 Å². The summed E-state index contributed by atoms with van der Waals surface area (Å²) in [6.07, 6.45) is 2.44. The van der Waals surface area contributed by atoms with Crippen LogP contribution in [0, 0.1) is 6.92 Å². The van der Waals surface area contributed by atoms with Gasteiger partial charge < -0.3 is 17.7 Å². The molecule has 0 radical (unpaired) electrons. The maximum Gasteiger partial charge on any atom is 0.238 e. The number of benzene rings is 1. The fourth-order valence-electron chi connectivity index (χ4n) is 1.98. The second-order valence-electron chi connectivity index (χ2n) is 4.40. The summed E-state index contributed by atoms with van der Waals surface area (Å²) in [5.74, 6) is 0.0887. The van der Waals surface area contributed by atoms with E-state index < -0.39 is 0 Å². The molecule has 3 nitrogen and oxygen atoms in total. The SMILES string of the molecule is Cc1ccc(NC(=O)CN2CCCC2)cc1.[Cl-]. The smallest absolute Gasteiger partial charge is 0.238 e. The molecule has 1 aliphatic heterocycles. The first kappa shape index (κ1) is 14.0. The second kappa shape index (κ2) is 6.62. The van der Waals surface area contributed by atoms with Crippen LogP contribution in [0.1, 0.15) is 18.4 Å². The van der Waals surface area contributed by atoms with Crippen LogP contribution in [0.5, 0.6) is 0 Å². The fourth-order valence-corrected chi connectivity index (χ4v) is 1.98. The first-order chi connectivity index (χ1) is 7.74. The average molecular weight is 254 g/mol. The minimum atomic E-state index is 0. The van der Waals surface area contributed by atoms with Crippen molar-refractivity contribution >= 4 is 11.6 Å². The standard InChI is InChI=1S/C13H18N2O.ClH/c1-11-4-6-12(7-5-11)14-13(16)10-15-8-2-3-9-15;/h4-7H,2-3,8-10H2,1H3,(H,14,16);1H/p-1. The molecule has 1 aliphatic rings. The van der Waals surface area contributed by atoms with Gasteiger partial charge in [0.15, 0.2) is 0 Å². The molecule has 0 bridgehead atoms. The summed E-state index contributed by atoms with van der Waals surface area (Å²) in [7, 11) is 0. The molecule has 0 aliphatic carbocycles. The highest BCUT2D eigenvalue weighted by Crippen LogP contribution is 2.10. The van der Waals surface area contributed by atoms with E-state index in [1.807, 2.05) is 31.2 Å². The number of anilines is 1. The molecule has 1 N–H and O–H groups in total. The quantitative estimate of drug-likeness (QED) is 0.752. The van der Waals surface area contributed by atoms with Gasteiger partial charge in [0.25, 0.3) is 0 Å². The third-order valence-corrected chi connectivity index (χ3v) is 2.90. The summed E-state index contributed by atoms with van der Waals surface area (Å²) in [5.41, 5.74) is 2.09. The molecule has 0 unspecified atom stereocenters. The summed E-state index contributed by atoms with van der Waals surface area (Å²) in [4.78, 5) is 13.9. The molecule has 0 saturated carbocycles. The molecule has 4 heteroatoms. The minimum absolute atomic E-state index is 0. The van der Waals surface area contributed by atoms with E-state index in [-0.39, 0.29) is 18.3 Å². The van der Waals surface area contributed by atoms with Crippen LogP contribution in [-0.4, -0.2) is 30.4 Å². The first-order valence-corrected chi connectivity index (χ1v) is 5.83. The van der Waals surface area contributed by atoms with Gasteiger partial charge in [-0.3, -0.25) is 9.69 Å². The van der Waals surface area contributed by atoms with Crippen molar-refractivity contribution in [1.82, 2.24) is 4.90 Å². The lowest BCUT2D eigenvalue weighted by Gasteiger charge is -2.14. The van der Waals surface area contributed by atoms with Gasteiger partial charge in [-0.15, -0.1) is 0 Å². The highest BCUT2D eigenvalue weighted by Gasteiger charge is 2.14. The molecular formula is C13H18ClN2O-. The zero-order valence-corrected chi connectivity index (χ0v) is 10.8. The number of carbonyl (C=O) groups is 1. The summed E-state index contributed by atoms with van der Waals surface area (Å²) >= 11 is 0. The number of hydrogen-bond donors (Lipinski definition) is 1. The third-order valence-electron chi connectivity index (χ3n) is 2.90. The number of likely N-dealkylation sites (tertiary alicyclic amines) is 1. The van der Waals surface area contributed by atoms with Crippen molar-refractivity contribution < 1.29 is 17.2 Å². The van der Waals surface area contributed by atoms with Gasteiger partial charge in [0, 0.05) is 5.69 Å². The van der Waals surface area contributed by atoms with Crippen molar-refractivity contribution in [2.75, 3.05) is 25.0 Å². The zero-order valence-electron chi connectivity index (χ0n) is 10.1. The van der Waals surface area contributed by atoms with Crippen LogP contribution in [0.3, 0.4) is 0 Å². The van der Waals surface area contributed by atoms with E-state index in [9.17, 15) is 4.79 Å². The van der Waals surface area contributed by atoms with Gasteiger partial charge >= 0.3 is 0 Å². The molecule has 1 saturated heterocycles. The number of nitrogens with zero attached hydrogens (tertiary/aromatic N) is 1. The topological polar surface area (TPSA) is 32.3 Å². The van der Waals surface area contributed by atoms with E-state index in [4.69, 9.17) is 0 Å². The molecule has 1 aromatic carbocycles. The number of carbonyl (C=O) groups excluding carboxylic acids is 1. The van der Waals surface area contributed by atoms with E-state index in [0.29, 0.717) is 6.54 Å². The maximum absolute atomic E-state index is 11.7. The summed E-state index contributed by atoms with van der Waals surface area (Å²) in [5, 5.41) is 2.92. The van der Waals surface area contributed by atoms with Crippen LogP contribution < -0.4 is 17.7 Å². The molecular weight excluding hydrogens is 236 g/mol. The predicted molar refractivity (Wildman–Crippen MR) is 65.5 cm³/mol. The fraction of sp³-hybridized carbons (Fsp3) is 0.462. The molecule has 0 aromatic heterocycles. The van der Waals surface area contributed by atoms with Crippen molar-refractivity contribution in [3.05, 3.63) is 29.8 Å². The number of nitrogens with one attached hydrogen (secondary N) is 1. The zero-order chi connectivity index (χ0) is 11.4. The Labute approximate surface area is 109 Å². The molecule has 0 spiro atoms. The summed E-state index contributed by atoms with van der Waals surface area (Å²) < 4.78 is 0. The highest BCUT2D eigenvalue weighted by molar-refractivity contribution is 5.92. The summed E-state index contributed by atoms with van der Waals surface area (Å²) in [6.45, 7) is 4.67. The third kappa shape index (κ3) is 4.36. The number of aryl methyl sites for hydroxylation is 1. The van der Waals surface area contributed by atoms with Crippen LogP contribution in [-0.2, 0) is 4.79 Å². The van der Waals surface area contributed by atoms with Crippen LogP contribution in [0.25, 0.3) is 0 Å². The molecule has 1 heterocycles. The Morgan fingerprint density at radius 1 is 1.24 bits per heavy atom. The van der Waals surface area contributed by atoms with E-state index in [1.165, 1.54) is 18.4 Å². The van der Waals surface area contributed by atoms with Gasteiger partial charge in [0.05, 0.1) is 6.54 Å². The molecule has 2 rings (SSSR count). The monoisotopic (exact) mass is 253 g/mol. The number of hydrogen-bond acceptors (Lipinski definition) is 2. The van der Waals surface area contributed by atoms with Crippen LogP contribution in [0.4, 0.5) is 5.69 Å². The van der Waals surface area contributed by atoms with Gasteiger partial charge in [-0.1, -0.05) is 17.7 Å². The molecule has 1 aromatic rings. The van der Waals surface area contributed by atoms with Gasteiger partial charge in [-0.05, 0) is 45.0 Å². The number of rotatable bonds is 3. The Kier molecular flexibility index (Phi) is 5.45. The van der Waals surface area contributed by atoms with Crippen molar-refractivity contribution in [3.63, 3.8) is 0 Å². The van der Waals surface area contributed by atoms with E-state index in [1.54, 1.807) is 0 Å². The van der Waals surface area contributed by atoms with Crippen LogP contribution >= 0.6 is 0 Å². The maximum atomic E-state index is 11.7. The van der Waals surface area contributed by atoms with Crippen molar-refractivity contribution in [2.45, 2.75) is 19.8 Å². The Bertz CT molecular complexity index is 358. The highest BCUT2D eigenvalue weighted by atomic mass is 35.5. The van der Waals surface area contributed by atoms with Gasteiger partial charge in [-0.25, -0.2) is 0 Å². The molecule has 1 fully saturated rings. The number of amides is 1. The van der Waals surface area contributed by atoms with Crippen molar-refractivity contribution in [1.29, 1.82) is 0 Å². The molecule has 17 heavy (non-hydrogen) atoms. The van der Waals surface area contributed by atoms with Crippen molar-refractivity contribution in [3.8, 4) is 0 Å². The Hall–Kier alpha value is -1.06. The second-order valence-corrected chi connectivity index (χ2v) is 4.40. The first-order valence-electron chi connectivity index (χ1n) is 5.83. The lowest BCUT2D eigenvalue weighted by Crippen LogP contribution is -3.00. The largest absolute Gasteiger partial charge is 1.00 e. The average Bonchev–Trinajstić information content (AvgIpc) is 2.74. The Balaban J connectivity index is 0.00000144. The lowest BCUT2D eigenvalue weighted by atomic mass is 10.2. The van der Waals surface area contributed by atoms with Crippen LogP contribution in [0.2, 0.25) is 0 Å². The molecule has 1 amide bonds. The predicted octanol–water partition coefficient (Wildman–Crippen LogP) is -0.967. The van der Waals surface area contributed by atoms with E-state index in [0.717, 1.165) is 18.8 Å². The van der Waals surface area contributed by atoms with Crippen LogP contribution in [0.15, 0.2) is 24.3 Å². The Morgan fingerprint density at radius 3 is 2.41 bits per heavy atom. The van der Waals surface area contributed by atoms with Gasteiger partial charge in [-0.2, -0.15) is 0 Å². The van der Waals surface area contributed by atoms with Crippen molar-refractivity contribution in [2.24, 2.45) is 0 Å². The Morgan fingerprint density at radius 2 is 1.82 bits per heavy atom. The normalized spacial score (nSPS) is 15.4. The summed E-state index contributed by atoms with van der Waals surface area (Å²) in [6, 6.07) is 7.89. The molecule has 94 valence electrons. The molecule has 0 atom stereocenters. The van der Waals surface area contributed by atoms with Gasteiger partial charge in [0.1, 0.15) is 0 Å². The minimum Gasteiger partial charge on any atom is -1.00 e. The van der Waals surface area contributed by atoms with Gasteiger partial charge in [0.2, 0.25) is 5.91 Å². The lowest BCUT2D eigenvalue weighted by molar-refractivity contribution is -0.117. The van der Waals surface area contributed by atoms with E-state index in [2.05, 4.69) is 10.2 Å². The number of halogens is 1.